The number of rotatable bonds is 9. The number of benzene rings is 2. The number of hydrogen-bond acceptors (Lipinski definition) is 8. The fraction of sp³-hybridized carbons (Fsp3) is 0.467. The zero-order chi connectivity index (χ0) is 28.4. The van der Waals surface area contributed by atoms with E-state index in [2.05, 4.69) is 15.1 Å². The van der Waals surface area contributed by atoms with E-state index in [1.54, 1.807) is 10.7 Å². The lowest BCUT2D eigenvalue weighted by molar-refractivity contribution is 0.0360. The molecule has 5 heterocycles. The summed E-state index contributed by atoms with van der Waals surface area (Å²) in [4.78, 5) is 4.70. The van der Waals surface area contributed by atoms with Gasteiger partial charge in [0.05, 0.1) is 17.9 Å². The molecule has 41 heavy (non-hydrogen) atoms. The van der Waals surface area contributed by atoms with Crippen LogP contribution in [0.15, 0.2) is 42.5 Å². The Balaban J connectivity index is 1.37. The van der Waals surface area contributed by atoms with E-state index in [1.807, 2.05) is 30.3 Å². The predicted molar refractivity (Wildman–Crippen MR) is 158 cm³/mol. The second kappa shape index (κ2) is 11.8. The van der Waals surface area contributed by atoms with Crippen LogP contribution in [-0.2, 0) is 10.8 Å². The van der Waals surface area contributed by atoms with Crippen LogP contribution in [0, 0.1) is 22.6 Å². The van der Waals surface area contributed by atoms with E-state index in [0.717, 1.165) is 31.9 Å². The number of fused-ring (bicyclic) bond motifs is 3. The van der Waals surface area contributed by atoms with E-state index in [0.29, 0.717) is 53.1 Å². The number of halogens is 1. The summed E-state index contributed by atoms with van der Waals surface area (Å²) in [7, 11) is -0.791. The molecule has 216 valence electrons. The molecule has 0 spiro atoms. The van der Waals surface area contributed by atoms with Crippen LogP contribution in [0.25, 0.3) is 16.9 Å². The lowest BCUT2D eigenvalue weighted by Gasteiger charge is -2.48. The lowest BCUT2D eigenvalue weighted by Crippen LogP contribution is -2.50. The first-order valence-corrected chi connectivity index (χ1v) is 15.7. The van der Waals surface area contributed by atoms with Crippen molar-refractivity contribution in [3.8, 4) is 28.8 Å². The number of nitriles is 1. The number of nitrogens with zero attached hydrogens (tertiary/aromatic N) is 5. The number of aromatic nitrogens is 2. The Morgan fingerprint density at radius 3 is 2.51 bits per heavy atom. The van der Waals surface area contributed by atoms with Crippen LogP contribution in [0.1, 0.15) is 24.8 Å². The maximum Gasteiger partial charge on any atom is 0.149 e. The first kappa shape index (κ1) is 27.7. The summed E-state index contributed by atoms with van der Waals surface area (Å²) >= 11 is 0. The third kappa shape index (κ3) is 5.82. The lowest BCUT2D eigenvalue weighted by atomic mass is 9.72. The number of piperidine rings is 3. The van der Waals surface area contributed by atoms with Crippen molar-refractivity contribution in [2.24, 2.45) is 5.41 Å². The number of aliphatic hydroxyl groups excluding tert-OH is 1. The summed E-state index contributed by atoms with van der Waals surface area (Å²) in [5, 5.41) is 27.3. The normalized spacial score (nSPS) is 22.5. The summed E-state index contributed by atoms with van der Waals surface area (Å²) < 4.78 is 34.4. The van der Waals surface area contributed by atoms with E-state index >= 15 is 0 Å². The Kier molecular flexibility index (Phi) is 7.97. The zero-order valence-electron chi connectivity index (χ0n) is 23.0. The largest absolute Gasteiger partial charge is 0.489 e. The van der Waals surface area contributed by atoms with Gasteiger partial charge in [0.1, 0.15) is 35.7 Å². The van der Waals surface area contributed by atoms with E-state index in [4.69, 9.17) is 9.84 Å². The quantitative estimate of drug-likeness (QED) is 0.398. The van der Waals surface area contributed by atoms with Crippen LogP contribution in [0.5, 0.6) is 5.75 Å². The summed E-state index contributed by atoms with van der Waals surface area (Å²) in [6.45, 7) is 5.57. The van der Waals surface area contributed by atoms with E-state index in [-0.39, 0.29) is 24.2 Å². The van der Waals surface area contributed by atoms with Gasteiger partial charge in [-0.1, -0.05) is 6.07 Å². The summed E-state index contributed by atoms with van der Waals surface area (Å²) in [6, 6.07) is 14.2. The fourth-order valence-electron chi connectivity index (χ4n) is 6.10. The van der Waals surface area contributed by atoms with Gasteiger partial charge in [-0.25, -0.2) is 9.07 Å². The first-order valence-electron chi connectivity index (χ1n) is 14.2. The second-order valence-electron chi connectivity index (χ2n) is 11.1. The van der Waals surface area contributed by atoms with Crippen LogP contribution in [-0.4, -0.2) is 88.0 Å². The molecule has 0 radical (unpaired) electrons. The molecule has 0 saturated carbocycles. The minimum Gasteiger partial charge on any atom is -0.489 e. The van der Waals surface area contributed by atoms with Gasteiger partial charge in [0.2, 0.25) is 0 Å². The SMILES string of the molecule is N#Cc1ccc(-c2cc(NCC34CCN(CC3)CC4)nn2-c2ccc(N3CCS(=O)CC3)cc2OCCO)cc1F. The molecule has 0 unspecified atom stereocenters. The van der Waals surface area contributed by atoms with Crippen molar-refractivity contribution in [1.29, 1.82) is 5.26 Å². The third-order valence-corrected chi connectivity index (χ3v) is 9.95. The molecule has 4 fully saturated rings. The Hall–Kier alpha value is -3.46. The fourth-order valence-corrected chi connectivity index (χ4v) is 7.16. The standard InChI is InChI=1S/C30H35FN6O3S/c31-25-17-22(1-2-23(25)20-32)27-19-29(33-21-30-5-8-35(9-6-30)10-7-30)34-37(27)26-4-3-24(18-28(26)40-14-13-38)36-11-15-41(39)16-12-36/h1-4,17-19,38H,5-16,21H2,(H,33,34). The van der Waals surface area contributed by atoms with Crippen molar-refractivity contribution in [3.63, 3.8) is 0 Å². The van der Waals surface area contributed by atoms with Gasteiger partial charge in [0.25, 0.3) is 0 Å². The molecule has 4 aliphatic rings. The molecular weight excluding hydrogens is 543 g/mol. The average Bonchev–Trinajstić information content (AvgIpc) is 3.44. The van der Waals surface area contributed by atoms with Crippen molar-refractivity contribution >= 4 is 22.3 Å². The van der Waals surface area contributed by atoms with Crippen LogP contribution >= 0.6 is 0 Å². The van der Waals surface area contributed by atoms with Crippen LogP contribution < -0.4 is 15.0 Å². The Morgan fingerprint density at radius 1 is 1.07 bits per heavy atom. The highest BCUT2D eigenvalue weighted by atomic mass is 32.2. The molecule has 0 aliphatic carbocycles. The van der Waals surface area contributed by atoms with Gasteiger partial charge in [0.15, 0.2) is 0 Å². The summed E-state index contributed by atoms with van der Waals surface area (Å²) in [6.07, 6.45) is 3.50. The van der Waals surface area contributed by atoms with Crippen LogP contribution in [0.3, 0.4) is 0 Å². The first-order chi connectivity index (χ1) is 20.0. The maximum absolute atomic E-state index is 14.7. The maximum atomic E-state index is 14.7. The summed E-state index contributed by atoms with van der Waals surface area (Å²) in [5.74, 6) is 1.87. The van der Waals surface area contributed by atoms with Gasteiger partial charge in [-0.2, -0.15) is 5.26 Å². The van der Waals surface area contributed by atoms with Gasteiger partial charge in [-0.15, -0.1) is 5.10 Å². The van der Waals surface area contributed by atoms with Gasteiger partial charge in [0, 0.05) is 65.3 Å². The number of hydrogen-bond donors (Lipinski definition) is 2. The molecule has 1 aromatic heterocycles. The predicted octanol–water partition coefficient (Wildman–Crippen LogP) is 3.39. The van der Waals surface area contributed by atoms with Crippen molar-refractivity contribution in [2.45, 2.75) is 19.3 Å². The van der Waals surface area contributed by atoms with Crippen molar-refractivity contribution in [2.75, 3.05) is 74.2 Å². The highest BCUT2D eigenvalue weighted by Crippen LogP contribution is 2.40. The monoisotopic (exact) mass is 578 g/mol. The zero-order valence-corrected chi connectivity index (χ0v) is 23.8. The van der Waals surface area contributed by atoms with Crippen molar-refractivity contribution < 1.29 is 18.4 Å². The van der Waals surface area contributed by atoms with E-state index < -0.39 is 16.6 Å². The molecule has 3 aromatic rings. The molecule has 2 N–H and O–H groups in total. The van der Waals surface area contributed by atoms with Crippen molar-refractivity contribution in [1.82, 2.24) is 14.7 Å². The Morgan fingerprint density at radius 2 is 1.83 bits per heavy atom. The highest BCUT2D eigenvalue weighted by molar-refractivity contribution is 7.85. The molecule has 9 nitrogen and oxygen atoms in total. The molecule has 0 amide bonds. The number of nitrogens with one attached hydrogen (secondary N) is 1. The highest BCUT2D eigenvalue weighted by Gasteiger charge is 2.39. The van der Waals surface area contributed by atoms with Crippen molar-refractivity contribution in [3.05, 3.63) is 53.8 Å². The smallest absolute Gasteiger partial charge is 0.149 e. The minimum absolute atomic E-state index is 0.0142. The molecule has 7 rings (SSSR count). The van der Waals surface area contributed by atoms with Gasteiger partial charge in [-0.3, -0.25) is 4.21 Å². The topological polar surface area (TPSA) is 107 Å². The van der Waals surface area contributed by atoms with Gasteiger partial charge < -0.3 is 25.0 Å². The second-order valence-corrected chi connectivity index (χ2v) is 12.8. The van der Waals surface area contributed by atoms with E-state index in [1.165, 1.54) is 31.4 Å². The molecule has 11 heteroatoms. The molecule has 2 bridgehead atoms. The molecular formula is C30H35FN6O3S. The average molecular weight is 579 g/mol. The van der Waals surface area contributed by atoms with E-state index in [9.17, 15) is 19.0 Å². The van der Waals surface area contributed by atoms with Gasteiger partial charge >= 0.3 is 0 Å². The Bertz CT molecular complexity index is 1460. The molecule has 4 aliphatic heterocycles. The molecule has 0 atom stereocenters. The molecule has 2 aromatic carbocycles. The molecule has 4 saturated heterocycles. The summed E-state index contributed by atoms with van der Waals surface area (Å²) in [5.41, 5.74) is 3.08. The number of anilines is 2. The van der Waals surface area contributed by atoms with Crippen LogP contribution in [0.4, 0.5) is 15.9 Å². The van der Waals surface area contributed by atoms with Crippen LogP contribution in [0.2, 0.25) is 0 Å². The minimum atomic E-state index is -0.791. The van der Waals surface area contributed by atoms with Gasteiger partial charge in [-0.05, 0) is 68.6 Å². The number of ether oxygens (including phenoxy) is 1. The third-order valence-electron chi connectivity index (χ3n) is 8.68. The Labute approximate surface area is 242 Å². The number of aliphatic hydroxyl groups is 1.